The number of allylic oxidation sites excluding steroid dienone is 1. The molecule has 0 N–H and O–H groups in total. The first-order valence-corrected chi connectivity index (χ1v) is 9.90. The van der Waals surface area contributed by atoms with Gasteiger partial charge in [0.1, 0.15) is 6.33 Å². The molecular formula is C22H16Cl2N4. The number of hydrogen-bond donors (Lipinski definition) is 0. The summed E-state index contributed by atoms with van der Waals surface area (Å²) in [6, 6.07) is 15.7. The maximum absolute atomic E-state index is 6.10. The Bertz CT molecular complexity index is 1190. The predicted octanol–water partition coefficient (Wildman–Crippen LogP) is 5.98. The van der Waals surface area contributed by atoms with Gasteiger partial charge in [0.05, 0.1) is 11.4 Å². The summed E-state index contributed by atoms with van der Waals surface area (Å²) >= 11 is 12.1. The van der Waals surface area contributed by atoms with Gasteiger partial charge in [0, 0.05) is 21.2 Å². The van der Waals surface area contributed by atoms with E-state index >= 15 is 0 Å². The third-order valence-electron chi connectivity index (χ3n) is 5.03. The summed E-state index contributed by atoms with van der Waals surface area (Å²) in [6.45, 7) is 0. The molecule has 0 unspecified atom stereocenters. The molecule has 4 nitrogen and oxygen atoms in total. The third-order valence-corrected chi connectivity index (χ3v) is 5.53. The van der Waals surface area contributed by atoms with Crippen molar-refractivity contribution in [3.05, 3.63) is 81.7 Å². The molecule has 5 rings (SSSR count). The highest BCUT2D eigenvalue weighted by atomic mass is 35.5. The van der Waals surface area contributed by atoms with Crippen LogP contribution in [-0.4, -0.2) is 19.6 Å². The first kappa shape index (κ1) is 17.4. The molecule has 1 aliphatic carbocycles. The van der Waals surface area contributed by atoms with E-state index in [2.05, 4.69) is 16.2 Å². The highest BCUT2D eigenvalue weighted by molar-refractivity contribution is 6.30. The Hall–Kier alpha value is -2.69. The van der Waals surface area contributed by atoms with Gasteiger partial charge in [0.15, 0.2) is 0 Å². The summed E-state index contributed by atoms with van der Waals surface area (Å²) in [5.41, 5.74) is 6.63. The molecule has 0 radical (unpaired) electrons. The fourth-order valence-electron chi connectivity index (χ4n) is 3.76. The van der Waals surface area contributed by atoms with Crippen molar-refractivity contribution in [3.63, 3.8) is 0 Å². The monoisotopic (exact) mass is 406 g/mol. The van der Waals surface area contributed by atoms with E-state index < -0.39 is 0 Å². The molecule has 4 aromatic rings. The second kappa shape index (κ2) is 7.04. The summed E-state index contributed by atoms with van der Waals surface area (Å²) in [7, 11) is 0. The van der Waals surface area contributed by atoms with Gasteiger partial charge in [-0.3, -0.25) is 0 Å². The fraction of sp³-hybridized carbons (Fsp3) is 0.136. The standard InChI is InChI=1S/C22H16Cl2N4/c23-17-8-4-14(5-9-17)12-16-2-1-3-19-20(16)27-22-25-13-26-28(22)21(19)15-6-10-18(24)11-7-15/h4-13H,1-3H2/b16-12+. The van der Waals surface area contributed by atoms with Crippen LogP contribution in [0.2, 0.25) is 10.0 Å². The zero-order chi connectivity index (χ0) is 19.1. The summed E-state index contributed by atoms with van der Waals surface area (Å²) in [6.07, 6.45) is 6.74. The highest BCUT2D eigenvalue weighted by Gasteiger charge is 2.23. The van der Waals surface area contributed by atoms with Gasteiger partial charge in [-0.1, -0.05) is 47.5 Å². The SMILES string of the molecule is Clc1ccc(/C=C2\CCCc3c2nc2ncnn2c3-c2ccc(Cl)cc2)cc1. The minimum absolute atomic E-state index is 0.604. The van der Waals surface area contributed by atoms with Crippen molar-refractivity contribution in [2.24, 2.45) is 0 Å². The Kier molecular flexibility index (Phi) is 4.38. The lowest BCUT2D eigenvalue weighted by Crippen LogP contribution is -2.11. The molecular weight excluding hydrogens is 391 g/mol. The van der Waals surface area contributed by atoms with Crippen LogP contribution in [0.25, 0.3) is 28.7 Å². The molecule has 28 heavy (non-hydrogen) atoms. The van der Waals surface area contributed by atoms with Gasteiger partial charge in [-0.15, -0.1) is 0 Å². The molecule has 138 valence electrons. The van der Waals surface area contributed by atoms with E-state index in [-0.39, 0.29) is 0 Å². The van der Waals surface area contributed by atoms with Crippen LogP contribution < -0.4 is 0 Å². The highest BCUT2D eigenvalue weighted by Crippen LogP contribution is 2.37. The van der Waals surface area contributed by atoms with Crippen LogP contribution in [0.5, 0.6) is 0 Å². The van der Waals surface area contributed by atoms with Crippen LogP contribution in [0.4, 0.5) is 0 Å². The van der Waals surface area contributed by atoms with E-state index in [1.54, 1.807) is 6.33 Å². The first-order chi connectivity index (χ1) is 13.7. The van der Waals surface area contributed by atoms with Crippen LogP contribution in [0, 0.1) is 0 Å². The van der Waals surface area contributed by atoms with Crippen LogP contribution in [-0.2, 0) is 6.42 Å². The maximum Gasteiger partial charge on any atom is 0.253 e. The Morgan fingerprint density at radius 2 is 1.61 bits per heavy atom. The second-order valence-corrected chi connectivity index (χ2v) is 7.71. The Morgan fingerprint density at radius 3 is 2.36 bits per heavy atom. The van der Waals surface area contributed by atoms with E-state index in [9.17, 15) is 0 Å². The topological polar surface area (TPSA) is 43.1 Å². The third kappa shape index (κ3) is 3.09. The van der Waals surface area contributed by atoms with Crippen molar-refractivity contribution in [3.8, 4) is 11.3 Å². The van der Waals surface area contributed by atoms with Gasteiger partial charge in [0.2, 0.25) is 0 Å². The lowest BCUT2D eigenvalue weighted by atomic mass is 9.87. The van der Waals surface area contributed by atoms with Crippen LogP contribution in [0.1, 0.15) is 29.7 Å². The van der Waals surface area contributed by atoms with Crippen molar-refractivity contribution in [1.82, 2.24) is 19.6 Å². The number of nitrogens with zero attached hydrogens (tertiary/aromatic N) is 4. The van der Waals surface area contributed by atoms with Gasteiger partial charge in [0.25, 0.3) is 5.78 Å². The second-order valence-electron chi connectivity index (χ2n) is 6.84. The molecule has 0 amide bonds. The molecule has 1 aliphatic rings. The normalized spacial score (nSPS) is 15.1. The minimum Gasteiger partial charge on any atom is -0.211 e. The van der Waals surface area contributed by atoms with Crippen LogP contribution in [0.15, 0.2) is 54.9 Å². The lowest BCUT2D eigenvalue weighted by molar-refractivity contribution is 0.792. The zero-order valence-electron chi connectivity index (χ0n) is 14.9. The maximum atomic E-state index is 6.10. The Morgan fingerprint density at radius 1 is 0.893 bits per heavy atom. The van der Waals surface area contributed by atoms with Gasteiger partial charge in [-0.2, -0.15) is 14.6 Å². The molecule has 6 heteroatoms. The molecule has 0 bridgehead atoms. The Balaban J connectivity index is 1.73. The minimum atomic E-state index is 0.604. The van der Waals surface area contributed by atoms with E-state index in [0.717, 1.165) is 46.8 Å². The van der Waals surface area contributed by atoms with Gasteiger partial charge < -0.3 is 0 Å². The lowest BCUT2D eigenvalue weighted by Gasteiger charge is -2.22. The molecule has 0 spiro atoms. The average molecular weight is 407 g/mol. The number of fused-ring (bicyclic) bond motifs is 2. The van der Waals surface area contributed by atoms with E-state index in [0.29, 0.717) is 10.8 Å². The molecule has 0 fully saturated rings. The summed E-state index contributed by atoms with van der Waals surface area (Å²) < 4.78 is 1.83. The zero-order valence-corrected chi connectivity index (χ0v) is 16.5. The van der Waals surface area contributed by atoms with Gasteiger partial charge in [-0.05, 0) is 60.7 Å². The number of hydrogen-bond acceptors (Lipinski definition) is 3. The molecule has 0 saturated carbocycles. The number of benzene rings is 2. The molecule has 2 aromatic carbocycles. The van der Waals surface area contributed by atoms with Crippen LogP contribution >= 0.6 is 23.2 Å². The van der Waals surface area contributed by atoms with E-state index in [1.165, 1.54) is 11.1 Å². The van der Waals surface area contributed by atoms with Crippen molar-refractivity contribution in [2.45, 2.75) is 19.3 Å². The van der Waals surface area contributed by atoms with Gasteiger partial charge in [-0.25, -0.2) is 4.98 Å². The quantitative estimate of drug-likeness (QED) is 0.411. The van der Waals surface area contributed by atoms with Crippen LogP contribution in [0.3, 0.4) is 0 Å². The summed E-state index contributed by atoms with van der Waals surface area (Å²) in [5, 5.41) is 5.87. The van der Waals surface area contributed by atoms with Crippen molar-refractivity contribution >= 4 is 40.6 Å². The van der Waals surface area contributed by atoms with Crippen molar-refractivity contribution < 1.29 is 0 Å². The Labute approximate surface area is 172 Å². The molecule has 2 aromatic heterocycles. The molecule has 0 saturated heterocycles. The largest absolute Gasteiger partial charge is 0.253 e. The molecule has 0 atom stereocenters. The first-order valence-electron chi connectivity index (χ1n) is 9.14. The summed E-state index contributed by atoms with van der Waals surface area (Å²) in [4.78, 5) is 9.20. The van der Waals surface area contributed by atoms with E-state index in [1.807, 2.05) is 53.0 Å². The molecule has 2 heterocycles. The number of halogens is 2. The summed E-state index contributed by atoms with van der Waals surface area (Å²) in [5.74, 6) is 0.604. The smallest absolute Gasteiger partial charge is 0.211 e. The number of aromatic nitrogens is 4. The fourth-order valence-corrected chi connectivity index (χ4v) is 4.01. The van der Waals surface area contributed by atoms with Gasteiger partial charge >= 0.3 is 0 Å². The van der Waals surface area contributed by atoms with Crippen molar-refractivity contribution in [1.29, 1.82) is 0 Å². The average Bonchev–Trinajstić information content (AvgIpc) is 3.17. The number of rotatable bonds is 2. The molecule has 0 aliphatic heterocycles. The van der Waals surface area contributed by atoms with E-state index in [4.69, 9.17) is 28.2 Å². The van der Waals surface area contributed by atoms with Crippen molar-refractivity contribution in [2.75, 3.05) is 0 Å². The predicted molar refractivity (Wildman–Crippen MR) is 113 cm³/mol.